The van der Waals surface area contributed by atoms with Crippen LogP contribution in [0.2, 0.25) is 0 Å². The van der Waals surface area contributed by atoms with Crippen LogP contribution >= 0.6 is 15.9 Å². The Morgan fingerprint density at radius 3 is 2.65 bits per heavy atom. The second-order valence-corrected chi connectivity index (χ2v) is 7.25. The molecule has 2 aromatic carbocycles. The highest BCUT2D eigenvalue weighted by Gasteiger charge is 2.25. The SMILES string of the molecule is O=C(Nc1cccc(Br)c1)c1nn(-c2ccc(F)cc2)c2c1CCCC2. The van der Waals surface area contributed by atoms with Gasteiger partial charge in [0.15, 0.2) is 5.69 Å². The number of nitrogens with one attached hydrogen (secondary N) is 1. The first-order valence-corrected chi connectivity index (χ1v) is 9.35. The molecule has 0 saturated carbocycles. The molecule has 0 spiro atoms. The van der Waals surface area contributed by atoms with Crippen LogP contribution in [0.25, 0.3) is 5.69 Å². The van der Waals surface area contributed by atoms with Crippen molar-refractivity contribution in [2.24, 2.45) is 0 Å². The molecule has 132 valence electrons. The Morgan fingerprint density at radius 2 is 1.88 bits per heavy atom. The largest absolute Gasteiger partial charge is 0.321 e. The van der Waals surface area contributed by atoms with E-state index in [1.54, 1.807) is 16.8 Å². The maximum Gasteiger partial charge on any atom is 0.276 e. The summed E-state index contributed by atoms with van der Waals surface area (Å²) in [6.45, 7) is 0. The van der Waals surface area contributed by atoms with E-state index in [9.17, 15) is 9.18 Å². The van der Waals surface area contributed by atoms with Crippen molar-refractivity contribution in [1.82, 2.24) is 9.78 Å². The van der Waals surface area contributed by atoms with E-state index >= 15 is 0 Å². The Kier molecular flexibility index (Phi) is 4.59. The molecular weight excluding hydrogens is 397 g/mol. The van der Waals surface area contributed by atoms with Crippen molar-refractivity contribution in [3.05, 3.63) is 75.8 Å². The number of aromatic nitrogens is 2. The molecule has 1 amide bonds. The van der Waals surface area contributed by atoms with Crippen LogP contribution in [0.5, 0.6) is 0 Å². The average Bonchev–Trinajstić information content (AvgIpc) is 3.02. The number of anilines is 1. The van der Waals surface area contributed by atoms with E-state index in [0.29, 0.717) is 11.4 Å². The first-order chi connectivity index (χ1) is 12.6. The fourth-order valence-corrected chi connectivity index (χ4v) is 3.73. The summed E-state index contributed by atoms with van der Waals surface area (Å²) in [5.74, 6) is -0.510. The highest BCUT2D eigenvalue weighted by Crippen LogP contribution is 2.28. The number of nitrogens with zero attached hydrogens (tertiary/aromatic N) is 2. The molecule has 4 nitrogen and oxygen atoms in total. The van der Waals surface area contributed by atoms with Gasteiger partial charge < -0.3 is 5.32 Å². The van der Waals surface area contributed by atoms with Gasteiger partial charge in [0.2, 0.25) is 0 Å². The normalized spacial score (nSPS) is 13.3. The first kappa shape index (κ1) is 17.0. The van der Waals surface area contributed by atoms with E-state index in [1.807, 2.05) is 24.3 Å². The lowest BCUT2D eigenvalue weighted by Crippen LogP contribution is -2.15. The average molecular weight is 414 g/mol. The number of amides is 1. The Balaban J connectivity index is 1.72. The number of hydrogen-bond acceptors (Lipinski definition) is 2. The van der Waals surface area contributed by atoms with E-state index in [1.165, 1.54) is 12.1 Å². The summed E-state index contributed by atoms with van der Waals surface area (Å²) in [7, 11) is 0. The molecule has 26 heavy (non-hydrogen) atoms. The van der Waals surface area contributed by atoms with Crippen molar-refractivity contribution in [2.45, 2.75) is 25.7 Å². The molecule has 1 aliphatic carbocycles. The fourth-order valence-electron chi connectivity index (χ4n) is 3.33. The van der Waals surface area contributed by atoms with Crippen LogP contribution in [0.3, 0.4) is 0 Å². The first-order valence-electron chi connectivity index (χ1n) is 8.55. The summed E-state index contributed by atoms with van der Waals surface area (Å²) in [5.41, 5.74) is 3.97. The van der Waals surface area contributed by atoms with Gasteiger partial charge in [0, 0.05) is 21.4 Å². The molecule has 4 rings (SSSR count). The van der Waals surface area contributed by atoms with Crippen molar-refractivity contribution >= 4 is 27.5 Å². The van der Waals surface area contributed by atoms with Gasteiger partial charge in [-0.3, -0.25) is 4.79 Å². The van der Waals surface area contributed by atoms with Gasteiger partial charge in [-0.2, -0.15) is 5.10 Å². The van der Waals surface area contributed by atoms with Gasteiger partial charge in [-0.05, 0) is 68.1 Å². The zero-order valence-corrected chi connectivity index (χ0v) is 15.6. The third-order valence-corrected chi connectivity index (χ3v) is 5.04. The minimum absolute atomic E-state index is 0.220. The molecule has 3 aromatic rings. The van der Waals surface area contributed by atoms with Crippen LogP contribution < -0.4 is 5.32 Å². The van der Waals surface area contributed by atoms with Crippen LogP contribution in [0.15, 0.2) is 53.0 Å². The number of carbonyl (C=O) groups is 1. The highest BCUT2D eigenvalue weighted by atomic mass is 79.9. The van der Waals surface area contributed by atoms with Crippen LogP contribution in [-0.4, -0.2) is 15.7 Å². The third kappa shape index (κ3) is 3.29. The van der Waals surface area contributed by atoms with Crippen molar-refractivity contribution in [3.8, 4) is 5.69 Å². The lowest BCUT2D eigenvalue weighted by molar-refractivity contribution is 0.102. The number of benzene rings is 2. The Morgan fingerprint density at radius 1 is 1.12 bits per heavy atom. The summed E-state index contributed by atoms with van der Waals surface area (Å²) in [4.78, 5) is 12.8. The van der Waals surface area contributed by atoms with Gasteiger partial charge in [-0.25, -0.2) is 9.07 Å². The van der Waals surface area contributed by atoms with Crippen molar-refractivity contribution < 1.29 is 9.18 Å². The van der Waals surface area contributed by atoms with E-state index in [4.69, 9.17) is 0 Å². The monoisotopic (exact) mass is 413 g/mol. The summed E-state index contributed by atoms with van der Waals surface area (Å²) in [5, 5.41) is 7.50. The summed E-state index contributed by atoms with van der Waals surface area (Å²) < 4.78 is 15.9. The van der Waals surface area contributed by atoms with Crippen LogP contribution in [-0.2, 0) is 12.8 Å². The highest BCUT2D eigenvalue weighted by molar-refractivity contribution is 9.10. The number of halogens is 2. The lowest BCUT2D eigenvalue weighted by atomic mass is 9.95. The molecule has 1 heterocycles. The molecule has 0 bridgehead atoms. The summed E-state index contributed by atoms with van der Waals surface area (Å²) >= 11 is 3.41. The van der Waals surface area contributed by atoms with Crippen molar-refractivity contribution in [2.75, 3.05) is 5.32 Å². The predicted octanol–water partition coefficient (Wildman–Crippen LogP) is 4.91. The zero-order chi connectivity index (χ0) is 18.1. The van der Waals surface area contributed by atoms with Crippen LogP contribution in [0.1, 0.15) is 34.6 Å². The molecule has 1 N–H and O–H groups in total. The zero-order valence-electron chi connectivity index (χ0n) is 14.0. The van der Waals surface area contributed by atoms with E-state index in [0.717, 1.165) is 47.1 Å². The fraction of sp³-hybridized carbons (Fsp3) is 0.200. The maximum absolute atomic E-state index is 13.3. The molecule has 0 saturated heterocycles. The van der Waals surface area contributed by atoms with Gasteiger partial charge in [0.25, 0.3) is 5.91 Å². The van der Waals surface area contributed by atoms with Gasteiger partial charge in [0.05, 0.1) is 5.69 Å². The summed E-state index contributed by atoms with van der Waals surface area (Å²) in [6.07, 6.45) is 3.80. The standard InChI is InChI=1S/C20H17BrFN3O/c21-13-4-3-5-15(12-13)23-20(26)19-17-6-1-2-7-18(17)25(24-19)16-10-8-14(22)9-11-16/h3-5,8-12H,1-2,6-7H2,(H,23,26). The number of carbonyl (C=O) groups excluding carboxylic acids is 1. The van der Waals surface area contributed by atoms with Crippen LogP contribution in [0.4, 0.5) is 10.1 Å². The number of rotatable bonds is 3. The maximum atomic E-state index is 13.3. The minimum atomic E-state index is -0.289. The Labute approximate surface area is 159 Å². The summed E-state index contributed by atoms with van der Waals surface area (Å²) in [6, 6.07) is 13.7. The predicted molar refractivity (Wildman–Crippen MR) is 102 cm³/mol. The molecule has 1 aromatic heterocycles. The molecule has 0 aliphatic heterocycles. The second kappa shape index (κ2) is 7.03. The van der Waals surface area contributed by atoms with Crippen molar-refractivity contribution in [1.29, 1.82) is 0 Å². The van der Waals surface area contributed by atoms with Gasteiger partial charge in [0.1, 0.15) is 5.82 Å². The smallest absolute Gasteiger partial charge is 0.276 e. The molecular formula is C20H17BrFN3O. The third-order valence-electron chi connectivity index (χ3n) is 4.55. The Bertz CT molecular complexity index is 966. The molecule has 0 radical (unpaired) electrons. The van der Waals surface area contributed by atoms with Gasteiger partial charge in [-0.15, -0.1) is 0 Å². The molecule has 0 fully saturated rings. The van der Waals surface area contributed by atoms with Crippen molar-refractivity contribution in [3.63, 3.8) is 0 Å². The quantitative estimate of drug-likeness (QED) is 0.663. The Hall–Kier alpha value is -2.47. The van der Waals surface area contributed by atoms with Gasteiger partial charge >= 0.3 is 0 Å². The number of fused-ring (bicyclic) bond motifs is 1. The second-order valence-electron chi connectivity index (χ2n) is 6.33. The molecule has 6 heteroatoms. The van der Waals surface area contributed by atoms with Crippen LogP contribution in [0, 0.1) is 5.82 Å². The van der Waals surface area contributed by atoms with E-state index < -0.39 is 0 Å². The molecule has 0 unspecified atom stereocenters. The number of hydrogen-bond donors (Lipinski definition) is 1. The topological polar surface area (TPSA) is 46.9 Å². The van der Waals surface area contributed by atoms with Gasteiger partial charge in [-0.1, -0.05) is 22.0 Å². The minimum Gasteiger partial charge on any atom is -0.321 e. The lowest BCUT2D eigenvalue weighted by Gasteiger charge is -2.14. The van der Waals surface area contributed by atoms with E-state index in [-0.39, 0.29) is 11.7 Å². The molecule has 1 aliphatic rings. The molecule has 0 atom stereocenters. The van der Waals surface area contributed by atoms with E-state index in [2.05, 4.69) is 26.3 Å².